The molecule has 2 aromatic carbocycles. The predicted molar refractivity (Wildman–Crippen MR) is 102 cm³/mol. The van der Waals surface area contributed by atoms with Crippen molar-refractivity contribution in [2.24, 2.45) is 4.40 Å². The molecule has 0 bridgehead atoms. The van der Waals surface area contributed by atoms with Gasteiger partial charge in [0.1, 0.15) is 17.0 Å². The van der Waals surface area contributed by atoms with E-state index in [1.54, 1.807) is 12.1 Å². The average molecular weight is 393 g/mol. The van der Waals surface area contributed by atoms with Gasteiger partial charge in [-0.2, -0.15) is 8.42 Å². The van der Waals surface area contributed by atoms with Crippen LogP contribution in [0.5, 0.6) is 11.5 Å². The summed E-state index contributed by atoms with van der Waals surface area (Å²) in [7, 11) is -2.29. The van der Waals surface area contributed by atoms with Crippen LogP contribution in [-0.2, 0) is 16.6 Å². The molecule has 3 aromatic rings. The number of para-hydroxylation sites is 1. The molecule has 0 saturated carbocycles. The molecule has 0 aliphatic heterocycles. The molecule has 0 amide bonds. The lowest BCUT2D eigenvalue weighted by Gasteiger charge is -2.07. The molecule has 1 heterocycles. The highest BCUT2D eigenvalue weighted by Gasteiger charge is 2.16. The maximum atomic E-state index is 12.7. The molecule has 26 heavy (non-hydrogen) atoms. The standard InChI is InChI=1S/C18H20N2O4S2/c1-4-20-17-15(24-5-2)7-6-8-16(17)25-18(20)19-26(21,22)14-11-9-13(23-3)10-12-14/h6-12H,4-5H2,1-3H3/b19-18-. The van der Waals surface area contributed by atoms with Crippen molar-refractivity contribution in [1.82, 2.24) is 4.57 Å². The lowest BCUT2D eigenvalue weighted by atomic mass is 10.3. The fourth-order valence-electron chi connectivity index (χ4n) is 2.64. The van der Waals surface area contributed by atoms with Gasteiger partial charge in [-0.25, -0.2) is 0 Å². The summed E-state index contributed by atoms with van der Waals surface area (Å²) < 4.78 is 43.1. The summed E-state index contributed by atoms with van der Waals surface area (Å²) in [5, 5.41) is 0. The Morgan fingerprint density at radius 2 is 1.85 bits per heavy atom. The summed E-state index contributed by atoms with van der Waals surface area (Å²) in [5.74, 6) is 1.32. The van der Waals surface area contributed by atoms with Crippen LogP contribution in [0.4, 0.5) is 0 Å². The molecule has 8 heteroatoms. The Hall–Kier alpha value is -2.32. The van der Waals surface area contributed by atoms with E-state index in [4.69, 9.17) is 9.47 Å². The molecule has 0 N–H and O–H groups in total. The van der Waals surface area contributed by atoms with E-state index in [9.17, 15) is 8.42 Å². The predicted octanol–water partition coefficient (Wildman–Crippen LogP) is 3.42. The highest BCUT2D eigenvalue weighted by molar-refractivity contribution is 7.90. The van der Waals surface area contributed by atoms with E-state index in [0.29, 0.717) is 23.7 Å². The van der Waals surface area contributed by atoms with Crippen molar-refractivity contribution in [2.45, 2.75) is 25.3 Å². The van der Waals surface area contributed by atoms with Gasteiger partial charge in [0.2, 0.25) is 4.80 Å². The van der Waals surface area contributed by atoms with Crippen molar-refractivity contribution in [1.29, 1.82) is 0 Å². The van der Waals surface area contributed by atoms with E-state index in [1.165, 1.54) is 30.6 Å². The van der Waals surface area contributed by atoms with Gasteiger partial charge in [0, 0.05) is 6.54 Å². The molecule has 0 radical (unpaired) electrons. The third kappa shape index (κ3) is 3.47. The number of aromatic nitrogens is 1. The molecular weight excluding hydrogens is 372 g/mol. The number of benzene rings is 2. The number of ether oxygens (including phenoxy) is 2. The summed E-state index contributed by atoms with van der Waals surface area (Å²) in [6.07, 6.45) is 0. The maximum Gasteiger partial charge on any atom is 0.285 e. The van der Waals surface area contributed by atoms with Crippen LogP contribution in [0, 0.1) is 0 Å². The fraction of sp³-hybridized carbons (Fsp3) is 0.278. The van der Waals surface area contributed by atoms with Crippen molar-refractivity contribution >= 4 is 31.6 Å². The zero-order valence-corrected chi connectivity index (χ0v) is 16.4. The number of fused-ring (bicyclic) bond motifs is 1. The molecule has 138 valence electrons. The van der Waals surface area contributed by atoms with Gasteiger partial charge in [0.05, 0.1) is 23.3 Å². The van der Waals surface area contributed by atoms with Crippen LogP contribution in [-0.4, -0.2) is 26.7 Å². The van der Waals surface area contributed by atoms with Gasteiger partial charge in [-0.1, -0.05) is 17.4 Å². The number of methoxy groups -OCH3 is 1. The smallest absolute Gasteiger partial charge is 0.285 e. The zero-order valence-electron chi connectivity index (χ0n) is 14.8. The first-order chi connectivity index (χ1) is 12.5. The summed E-state index contributed by atoms with van der Waals surface area (Å²) in [6.45, 7) is 4.99. The zero-order chi connectivity index (χ0) is 18.7. The number of sulfonamides is 1. The van der Waals surface area contributed by atoms with Gasteiger partial charge in [0.15, 0.2) is 0 Å². The first-order valence-electron chi connectivity index (χ1n) is 8.20. The van der Waals surface area contributed by atoms with Crippen LogP contribution < -0.4 is 14.3 Å². The summed E-state index contributed by atoms with van der Waals surface area (Å²) in [4.78, 5) is 0.550. The minimum absolute atomic E-state index is 0.128. The van der Waals surface area contributed by atoms with Crippen molar-refractivity contribution in [3.8, 4) is 11.5 Å². The molecule has 6 nitrogen and oxygen atoms in total. The van der Waals surface area contributed by atoms with Crippen molar-refractivity contribution in [3.63, 3.8) is 0 Å². The number of thiazole rings is 1. The van der Waals surface area contributed by atoms with E-state index in [0.717, 1.165) is 16.0 Å². The highest BCUT2D eigenvalue weighted by atomic mass is 32.2. The molecule has 0 aliphatic rings. The van der Waals surface area contributed by atoms with Crippen LogP contribution in [0.25, 0.3) is 10.2 Å². The molecule has 1 aromatic heterocycles. The van der Waals surface area contributed by atoms with Crippen LogP contribution in [0.1, 0.15) is 13.8 Å². The van der Waals surface area contributed by atoms with E-state index in [2.05, 4.69) is 4.40 Å². The van der Waals surface area contributed by atoms with Gasteiger partial charge in [0.25, 0.3) is 10.0 Å². The first kappa shape index (κ1) is 18.5. The maximum absolute atomic E-state index is 12.7. The van der Waals surface area contributed by atoms with Gasteiger partial charge < -0.3 is 14.0 Å². The molecule has 3 rings (SSSR count). The number of nitrogens with zero attached hydrogens (tertiary/aromatic N) is 2. The van der Waals surface area contributed by atoms with Gasteiger partial charge in [-0.15, -0.1) is 4.40 Å². The topological polar surface area (TPSA) is 69.9 Å². The lowest BCUT2D eigenvalue weighted by molar-refractivity contribution is 0.342. The Morgan fingerprint density at radius 1 is 1.12 bits per heavy atom. The Kier molecular flexibility index (Phi) is 5.33. The number of hydrogen-bond acceptors (Lipinski definition) is 5. The minimum atomic E-state index is -3.83. The fourth-order valence-corrected chi connectivity index (χ4v) is 4.95. The quantitative estimate of drug-likeness (QED) is 0.644. The number of rotatable bonds is 6. The number of aryl methyl sites for hydroxylation is 1. The van der Waals surface area contributed by atoms with E-state index in [-0.39, 0.29) is 4.90 Å². The van der Waals surface area contributed by atoms with Crippen LogP contribution >= 0.6 is 11.3 Å². The van der Waals surface area contributed by atoms with Crippen LogP contribution in [0.15, 0.2) is 51.8 Å². The summed E-state index contributed by atoms with van der Waals surface area (Å²) in [6, 6.07) is 11.9. The first-order valence-corrected chi connectivity index (χ1v) is 10.5. The van der Waals surface area contributed by atoms with Crippen LogP contribution in [0.2, 0.25) is 0 Å². The largest absolute Gasteiger partial charge is 0.497 e. The molecule has 0 fully saturated rings. The summed E-state index contributed by atoms with van der Waals surface area (Å²) >= 11 is 1.33. The Morgan fingerprint density at radius 3 is 2.46 bits per heavy atom. The molecule has 0 spiro atoms. The minimum Gasteiger partial charge on any atom is -0.497 e. The van der Waals surface area contributed by atoms with Gasteiger partial charge in [-0.3, -0.25) is 0 Å². The van der Waals surface area contributed by atoms with E-state index in [1.807, 2.05) is 36.6 Å². The van der Waals surface area contributed by atoms with E-state index >= 15 is 0 Å². The second kappa shape index (κ2) is 7.51. The molecule has 0 atom stereocenters. The average Bonchev–Trinajstić information content (AvgIpc) is 2.99. The van der Waals surface area contributed by atoms with Crippen molar-refractivity contribution in [3.05, 3.63) is 47.3 Å². The SMILES string of the molecule is CCOc1cccc2s/c(=N\S(=O)(=O)c3ccc(OC)cc3)n(CC)c12. The van der Waals surface area contributed by atoms with Gasteiger partial charge >= 0.3 is 0 Å². The molecule has 0 unspecified atom stereocenters. The molecular formula is C18H20N2O4S2. The van der Waals surface area contributed by atoms with Crippen molar-refractivity contribution < 1.29 is 17.9 Å². The number of hydrogen-bond donors (Lipinski definition) is 0. The highest BCUT2D eigenvalue weighted by Crippen LogP contribution is 2.28. The Labute approximate surface area is 156 Å². The lowest BCUT2D eigenvalue weighted by Crippen LogP contribution is -2.16. The van der Waals surface area contributed by atoms with E-state index < -0.39 is 10.0 Å². The normalized spacial score (nSPS) is 12.5. The van der Waals surface area contributed by atoms with Gasteiger partial charge in [-0.05, 0) is 50.2 Å². The van der Waals surface area contributed by atoms with Crippen molar-refractivity contribution in [2.75, 3.05) is 13.7 Å². The summed E-state index contributed by atoms with van der Waals surface area (Å²) in [5.41, 5.74) is 0.866. The molecule has 0 aliphatic carbocycles. The van der Waals surface area contributed by atoms with Crippen LogP contribution in [0.3, 0.4) is 0 Å². The monoisotopic (exact) mass is 392 g/mol. The third-order valence-electron chi connectivity index (χ3n) is 3.84. The Balaban J connectivity index is 2.18. The second-order valence-electron chi connectivity index (χ2n) is 5.41. The third-order valence-corrected chi connectivity index (χ3v) is 6.28. The Bertz CT molecular complexity index is 1080. The molecule has 0 saturated heterocycles. The second-order valence-corrected chi connectivity index (χ2v) is 8.02.